The molecule has 0 atom stereocenters. The lowest BCUT2D eigenvalue weighted by Crippen LogP contribution is -2.49. The van der Waals surface area contributed by atoms with Crippen LogP contribution < -0.4 is 4.90 Å². The molecule has 1 aliphatic heterocycles. The lowest BCUT2D eigenvalue weighted by atomic mass is 10.1. The molecule has 6 nitrogen and oxygen atoms in total. The lowest BCUT2D eigenvalue weighted by Gasteiger charge is -2.35. The molecule has 0 saturated carbocycles. The minimum Gasteiger partial charge on any atom is -0.352 e. The van der Waals surface area contributed by atoms with Crippen molar-refractivity contribution < 1.29 is 4.79 Å². The van der Waals surface area contributed by atoms with Crippen LogP contribution in [0, 0.1) is 0 Å². The fourth-order valence-corrected chi connectivity index (χ4v) is 4.05. The quantitative estimate of drug-likeness (QED) is 0.703. The van der Waals surface area contributed by atoms with Crippen molar-refractivity contribution in [2.45, 2.75) is 19.3 Å². The highest BCUT2D eigenvalue weighted by molar-refractivity contribution is 6.05. The van der Waals surface area contributed by atoms with E-state index < -0.39 is 0 Å². The number of hydrogen-bond acceptors (Lipinski definition) is 5. The Balaban J connectivity index is 1.32. The van der Waals surface area contributed by atoms with E-state index in [1.165, 1.54) is 12.0 Å². The third-order valence-corrected chi connectivity index (χ3v) is 5.57. The molecule has 6 heteroatoms. The highest BCUT2D eigenvalue weighted by Crippen LogP contribution is 2.24. The van der Waals surface area contributed by atoms with Crippen LogP contribution in [0.3, 0.4) is 0 Å². The van der Waals surface area contributed by atoms with Crippen LogP contribution in [0.15, 0.2) is 42.6 Å². The Morgan fingerprint density at radius 2 is 1.81 bits per heavy atom. The van der Waals surface area contributed by atoms with Gasteiger partial charge in [0, 0.05) is 37.8 Å². The van der Waals surface area contributed by atoms with Gasteiger partial charge in [0.1, 0.15) is 5.69 Å². The monoisotopic (exact) mass is 359 g/mol. The summed E-state index contributed by atoms with van der Waals surface area (Å²) in [6.07, 6.45) is 5.03. The molecule has 0 bridgehead atoms. The molecule has 1 saturated heterocycles. The van der Waals surface area contributed by atoms with Gasteiger partial charge in [-0.3, -0.25) is 9.78 Å². The topological polar surface area (TPSA) is 62.2 Å². The van der Waals surface area contributed by atoms with Crippen LogP contribution in [0.1, 0.15) is 28.2 Å². The van der Waals surface area contributed by atoms with Crippen molar-refractivity contribution in [2.24, 2.45) is 0 Å². The van der Waals surface area contributed by atoms with Gasteiger partial charge in [-0.1, -0.05) is 24.3 Å². The average molecular weight is 359 g/mol. The van der Waals surface area contributed by atoms with E-state index in [0.29, 0.717) is 18.8 Å². The molecular weight excluding hydrogens is 338 g/mol. The van der Waals surface area contributed by atoms with Crippen molar-refractivity contribution in [3.63, 3.8) is 0 Å². The number of carbonyl (C=O) groups excluding carboxylic acids is 1. The lowest BCUT2D eigenvalue weighted by molar-refractivity contribution is 0.0743. The second kappa shape index (κ2) is 6.61. The maximum atomic E-state index is 13.0. The van der Waals surface area contributed by atoms with E-state index in [9.17, 15) is 4.79 Å². The molecule has 5 rings (SSSR count). The summed E-state index contributed by atoms with van der Waals surface area (Å²) in [5, 5.41) is 10.7. The molecule has 2 aliphatic rings. The fourth-order valence-electron chi connectivity index (χ4n) is 4.05. The van der Waals surface area contributed by atoms with Crippen LogP contribution in [-0.4, -0.2) is 52.2 Å². The van der Waals surface area contributed by atoms with Gasteiger partial charge >= 0.3 is 0 Å². The van der Waals surface area contributed by atoms with Crippen LogP contribution in [0.25, 0.3) is 10.8 Å². The van der Waals surface area contributed by atoms with Crippen molar-refractivity contribution in [3.05, 3.63) is 59.5 Å². The zero-order valence-corrected chi connectivity index (χ0v) is 15.1. The number of fused-ring (bicyclic) bond motifs is 2. The summed E-state index contributed by atoms with van der Waals surface area (Å²) in [7, 11) is 0. The molecule has 27 heavy (non-hydrogen) atoms. The normalized spacial score (nSPS) is 16.6. The number of piperazine rings is 1. The zero-order valence-electron chi connectivity index (χ0n) is 15.1. The first-order valence-electron chi connectivity index (χ1n) is 9.53. The minimum atomic E-state index is 0.00601. The van der Waals surface area contributed by atoms with E-state index in [2.05, 4.69) is 26.1 Å². The van der Waals surface area contributed by atoms with Crippen LogP contribution in [-0.2, 0) is 12.8 Å². The van der Waals surface area contributed by atoms with Gasteiger partial charge in [-0.05, 0) is 42.3 Å². The number of hydrogen-bond donors (Lipinski definition) is 0. The molecule has 3 aromatic rings. The van der Waals surface area contributed by atoms with Crippen molar-refractivity contribution in [3.8, 4) is 0 Å². The fraction of sp³-hybridized carbons (Fsp3) is 0.333. The van der Waals surface area contributed by atoms with E-state index in [1.54, 1.807) is 6.20 Å². The summed E-state index contributed by atoms with van der Waals surface area (Å²) in [5.74, 6) is 0.942. The molecule has 1 fully saturated rings. The zero-order chi connectivity index (χ0) is 18.2. The Morgan fingerprint density at radius 1 is 0.963 bits per heavy atom. The van der Waals surface area contributed by atoms with Crippen molar-refractivity contribution >= 4 is 22.5 Å². The summed E-state index contributed by atoms with van der Waals surface area (Å²) >= 11 is 0. The van der Waals surface area contributed by atoms with Gasteiger partial charge in [-0.2, -0.15) is 5.10 Å². The maximum absolute atomic E-state index is 13.0. The number of pyridine rings is 1. The molecule has 0 spiro atoms. The highest BCUT2D eigenvalue weighted by Gasteiger charge is 2.25. The van der Waals surface area contributed by atoms with Gasteiger partial charge in [0.2, 0.25) is 0 Å². The number of aromatic nitrogens is 3. The van der Waals surface area contributed by atoms with Crippen LogP contribution in [0.4, 0.5) is 5.82 Å². The number of nitrogens with zero attached hydrogens (tertiary/aromatic N) is 5. The van der Waals surface area contributed by atoms with E-state index in [1.807, 2.05) is 35.2 Å². The Labute approximate surface area is 157 Å². The molecule has 0 radical (unpaired) electrons. The summed E-state index contributed by atoms with van der Waals surface area (Å²) in [4.78, 5) is 21.5. The molecule has 0 N–H and O–H groups in total. The van der Waals surface area contributed by atoms with Crippen molar-refractivity contribution in [1.82, 2.24) is 20.1 Å². The van der Waals surface area contributed by atoms with Gasteiger partial charge < -0.3 is 9.80 Å². The van der Waals surface area contributed by atoms with Crippen LogP contribution in [0.5, 0.6) is 0 Å². The van der Waals surface area contributed by atoms with Gasteiger partial charge in [0.25, 0.3) is 5.91 Å². The third-order valence-electron chi connectivity index (χ3n) is 5.57. The predicted octanol–water partition coefficient (Wildman–Crippen LogP) is 2.48. The molecule has 1 aliphatic carbocycles. The first-order chi connectivity index (χ1) is 13.3. The SMILES string of the molecule is O=C(c1nccc2ccccc12)N1CCN(c2cc3c(nn2)CCC3)CC1. The highest BCUT2D eigenvalue weighted by atomic mass is 16.2. The number of benzene rings is 1. The Kier molecular flexibility index (Phi) is 3.96. The largest absolute Gasteiger partial charge is 0.352 e. The Morgan fingerprint density at radius 3 is 2.70 bits per heavy atom. The number of anilines is 1. The summed E-state index contributed by atoms with van der Waals surface area (Å²) in [5.41, 5.74) is 3.02. The molecule has 0 unspecified atom stereocenters. The minimum absolute atomic E-state index is 0.00601. The van der Waals surface area contributed by atoms with E-state index in [0.717, 1.165) is 48.2 Å². The molecule has 3 heterocycles. The second-order valence-corrected chi connectivity index (χ2v) is 7.19. The number of aryl methyl sites for hydroxylation is 2. The van der Waals surface area contributed by atoms with Gasteiger partial charge in [-0.15, -0.1) is 5.10 Å². The first-order valence-corrected chi connectivity index (χ1v) is 9.53. The maximum Gasteiger partial charge on any atom is 0.273 e. The van der Waals surface area contributed by atoms with Gasteiger partial charge in [-0.25, -0.2) is 0 Å². The third kappa shape index (κ3) is 2.91. The number of rotatable bonds is 2. The molecular formula is C21H21N5O. The first kappa shape index (κ1) is 16.2. The standard InChI is InChI=1S/C21H21N5O/c27-21(20-17-6-2-1-4-15(17)8-9-22-20)26-12-10-25(11-13-26)19-14-16-5-3-7-18(16)23-24-19/h1-2,4,6,8-9,14H,3,5,7,10-13H2. The molecule has 1 amide bonds. The van der Waals surface area contributed by atoms with E-state index in [4.69, 9.17) is 0 Å². The molecule has 2 aromatic heterocycles. The van der Waals surface area contributed by atoms with Gasteiger partial charge in [0.05, 0.1) is 5.69 Å². The summed E-state index contributed by atoms with van der Waals surface area (Å²) in [6, 6.07) is 12.0. The molecule has 136 valence electrons. The van der Waals surface area contributed by atoms with E-state index >= 15 is 0 Å². The van der Waals surface area contributed by atoms with Crippen LogP contribution >= 0.6 is 0 Å². The molecule has 1 aromatic carbocycles. The second-order valence-electron chi connectivity index (χ2n) is 7.19. The predicted molar refractivity (Wildman–Crippen MR) is 104 cm³/mol. The number of carbonyl (C=O) groups is 1. The Bertz CT molecular complexity index is 1010. The van der Waals surface area contributed by atoms with Crippen LogP contribution in [0.2, 0.25) is 0 Å². The number of amides is 1. The Hall–Kier alpha value is -3.02. The smallest absolute Gasteiger partial charge is 0.273 e. The van der Waals surface area contributed by atoms with Crippen molar-refractivity contribution in [1.29, 1.82) is 0 Å². The summed E-state index contributed by atoms with van der Waals surface area (Å²) < 4.78 is 0. The van der Waals surface area contributed by atoms with Gasteiger partial charge in [0.15, 0.2) is 5.82 Å². The average Bonchev–Trinajstić information content (AvgIpc) is 3.21. The van der Waals surface area contributed by atoms with E-state index in [-0.39, 0.29) is 5.91 Å². The van der Waals surface area contributed by atoms with Crippen molar-refractivity contribution in [2.75, 3.05) is 31.1 Å². The summed E-state index contributed by atoms with van der Waals surface area (Å²) in [6.45, 7) is 2.87.